The Morgan fingerprint density at radius 2 is 2.40 bits per heavy atom. The van der Waals surface area contributed by atoms with E-state index < -0.39 is 30.8 Å². The zero-order valence-electron chi connectivity index (χ0n) is 10.5. The molecule has 1 N–H and O–H groups in total. The van der Waals surface area contributed by atoms with E-state index >= 15 is 0 Å². The van der Waals surface area contributed by atoms with Crippen LogP contribution >= 0.6 is 0 Å². The average molecular weight is 283 g/mol. The van der Waals surface area contributed by atoms with Gasteiger partial charge in [-0.2, -0.15) is 10.1 Å². The van der Waals surface area contributed by atoms with Crippen LogP contribution in [0.1, 0.15) is 34.7 Å². The van der Waals surface area contributed by atoms with Crippen molar-refractivity contribution in [1.82, 2.24) is 25.2 Å². The van der Waals surface area contributed by atoms with E-state index in [1.807, 2.05) is 0 Å². The number of rotatable bonds is 2. The molecule has 0 bridgehead atoms. The fourth-order valence-electron chi connectivity index (χ4n) is 2.23. The van der Waals surface area contributed by atoms with Gasteiger partial charge in [0.15, 0.2) is 5.82 Å². The normalized spacial score (nSPS) is 21.4. The molecule has 20 heavy (non-hydrogen) atoms. The summed E-state index contributed by atoms with van der Waals surface area (Å²) >= 11 is 0. The van der Waals surface area contributed by atoms with Crippen LogP contribution in [0.2, 0.25) is 0 Å². The van der Waals surface area contributed by atoms with Gasteiger partial charge in [0.2, 0.25) is 5.89 Å². The highest BCUT2D eigenvalue weighted by atomic mass is 19.3. The molecular formula is C11H11F2N5O2. The predicted octanol–water partition coefficient (Wildman–Crippen LogP) is 1.32. The molecule has 2 aromatic rings. The van der Waals surface area contributed by atoms with Gasteiger partial charge in [0.25, 0.3) is 11.8 Å². The van der Waals surface area contributed by atoms with E-state index in [2.05, 4.69) is 20.3 Å². The van der Waals surface area contributed by atoms with Crippen LogP contribution in [0.4, 0.5) is 8.78 Å². The maximum atomic E-state index is 13.6. The number of aryl methyl sites for hydroxylation is 1. The highest BCUT2D eigenvalue weighted by Gasteiger charge is 2.50. The van der Waals surface area contributed by atoms with Gasteiger partial charge in [0, 0.05) is 12.6 Å². The Labute approximate surface area is 112 Å². The molecule has 0 unspecified atom stereocenters. The summed E-state index contributed by atoms with van der Waals surface area (Å²) in [5, 5.41) is 9.68. The van der Waals surface area contributed by atoms with Crippen LogP contribution in [0, 0.1) is 6.92 Å². The smallest absolute Gasteiger partial charge is 0.272 e. The van der Waals surface area contributed by atoms with Gasteiger partial charge < -0.3 is 9.42 Å². The molecule has 1 aliphatic heterocycles. The maximum absolute atomic E-state index is 13.6. The van der Waals surface area contributed by atoms with E-state index in [0.29, 0.717) is 5.82 Å². The highest BCUT2D eigenvalue weighted by Crippen LogP contribution is 2.40. The molecule has 9 heteroatoms. The first-order chi connectivity index (χ1) is 9.46. The molecule has 2 aromatic heterocycles. The summed E-state index contributed by atoms with van der Waals surface area (Å²) in [5.74, 6) is -3.19. The Bertz CT molecular complexity index is 625. The lowest BCUT2D eigenvalue weighted by atomic mass is 10.2. The molecule has 1 aliphatic rings. The number of alkyl halides is 2. The highest BCUT2D eigenvalue weighted by molar-refractivity contribution is 5.92. The third kappa shape index (κ3) is 2.15. The predicted molar refractivity (Wildman–Crippen MR) is 61.0 cm³/mol. The third-order valence-electron chi connectivity index (χ3n) is 3.09. The van der Waals surface area contributed by atoms with Gasteiger partial charge in [0.05, 0.1) is 6.54 Å². The largest absolute Gasteiger partial charge is 0.337 e. The van der Waals surface area contributed by atoms with Crippen LogP contribution in [0.5, 0.6) is 0 Å². The second-order valence-electron chi connectivity index (χ2n) is 4.66. The summed E-state index contributed by atoms with van der Waals surface area (Å²) in [5.41, 5.74) is 0.143. The lowest BCUT2D eigenvalue weighted by molar-refractivity contribution is 0.0116. The second kappa shape index (κ2) is 4.36. The number of nitrogens with zero attached hydrogens (tertiary/aromatic N) is 4. The Morgan fingerprint density at radius 3 is 3.00 bits per heavy atom. The standard InChI is InChI=1S/C11H11F2N5O2/c1-6-15-9(20-17-6)8-4-11(12,13)5-18(8)10(19)7-2-3-14-16-7/h2-3,8H,4-5H2,1H3,(H,14,16)/t8-/m0/s1. The second-order valence-corrected chi connectivity index (χ2v) is 4.66. The Morgan fingerprint density at radius 1 is 1.60 bits per heavy atom. The molecule has 1 fully saturated rings. The fourth-order valence-corrected chi connectivity index (χ4v) is 2.23. The minimum absolute atomic E-state index is 0.0209. The minimum atomic E-state index is -2.98. The fraction of sp³-hybridized carbons (Fsp3) is 0.455. The van der Waals surface area contributed by atoms with Gasteiger partial charge in [-0.05, 0) is 13.0 Å². The number of carbonyl (C=O) groups excluding carboxylic acids is 1. The van der Waals surface area contributed by atoms with Gasteiger partial charge in [-0.15, -0.1) is 0 Å². The first-order valence-electron chi connectivity index (χ1n) is 5.95. The number of aromatic nitrogens is 4. The van der Waals surface area contributed by atoms with Gasteiger partial charge in [-0.3, -0.25) is 9.89 Å². The van der Waals surface area contributed by atoms with Crippen molar-refractivity contribution in [1.29, 1.82) is 0 Å². The summed E-state index contributed by atoms with van der Waals surface area (Å²) in [4.78, 5) is 17.2. The summed E-state index contributed by atoms with van der Waals surface area (Å²) in [6.07, 6.45) is 0.849. The molecular weight excluding hydrogens is 272 g/mol. The third-order valence-corrected chi connectivity index (χ3v) is 3.09. The maximum Gasteiger partial charge on any atom is 0.272 e. The molecule has 3 rings (SSSR count). The molecule has 0 radical (unpaired) electrons. The molecule has 1 amide bonds. The first-order valence-corrected chi connectivity index (χ1v) is 5.95. The number of carbonyl (C=O) groups is 1. The molecule has 106 valence electrons. The number of nitrogens with one attached hydrogen (secondary N) is 1. The first kappa shape index (κ1) is 12.7. The van der Waals surface area contributed by atoms with Gasteiger partial charge in [-0.25, -0.2) is 8.78 Å². The number of halogens is 2. The van der Waals surface area contributed by atoms with Crippen molar-refractivity contribution in [2.45, 2.75) is 25.3 Å². The molecule has 1 saturated heterocycles. The van der Waals surface area contributed by atoms with Crippen LogP contribution in [0.3, 0.4) is 0 Å². The van der Waals surface area contributed by atoms with Crippen molar-refractivity contribution in [2.75, 3.05) is 6.54 Å². The Hall–Kier alpha value is -2.32. The summed E-state index contributed by atoms with van der Waals surface area (Å²) in [6.45, 7) is 0.901. The van der Waals surface area contributed by atoms with Crippen LogP contribution in [-0.4, -0.2) is 43.6 Å². The van der Waals surface area contributed by atoms with Crippen LogP contribution in [-0.2, 0) is 0 Å². The zero-order chi connectivity index (χ0) is 14.3. The number of aromatic amines is 1. The van der Waals surface area contributed by atoms with E-state index in [9.17, 15) is 13.6 Å². The van der Waals surface area contributed by atoms with Crippen molar-refractivity contribution < 1.29 is 18.1 Å². The van der Waals surface area contributed by atoms with Crippen molar-refractivity contribution in [3.05, 3.63) is 29.7 Å². The van der Waals surface area contributed by atoms with Crippen molar-refractivity contribution in [2.24, 2.45) is 0 Å². The monoisotopic (exact) mass is 283 g/mol. The van der Waals surface area contributed by atoms with E-state index in [4.69, 9.17) is 4.52 Å². The van der Waals surface area contributed by atoms with E-state index in [0.717, 1.165) is 4.90 Å². The van der Waals surface area contributed by atoms with Gasteiger partial charge >= 0.3 is 0 Å². The number of hydrogen-bond donors (Lipinski definition) is 1. The topological polar surface area (TPSA) is 87.9 Å². The SMILES string of the molecule is Cc1noc([C@@H]2CC(F)(F)CN2C(=O)c2ccn[nH]2)n1. The number of likely N-dealkylation sites (tertiary alicyclic amines) is 1. The average Bonchev–Trinajstić information content (AvgIpc) is 3.07. The number of hydrogen-bond acceptors (Lipinski definition) is 5. The molecule has 0 saturated carbocycles. The molecule has 3 heterocycles. The Balaban J connectivity index is 1.93. The number of amides is 1. The molecule has 0 spiro atoms. The van der Waals surface area contributed by atoms with Crippen LogP contribution in [0.25, 0.3) is 0 Å². The van der Waals surface area contributed by atoms with E-state index in [1.165, 1.54) is 12.3 Å². The molecule has 7 nitrogen and oxygen atoms in total. The minimum Gasteiger partial charge on any atom is -0.337 e. The summed E-state index contributed by atoms with van der Waals surface area (Å²) in [7, 11) is 0. The van der Waals surface area contributed by atoms with E-state index in [-0.39, 0.29) is 11.6 Å². The summed E-state index contributed by atoms with van der Waals surface area (Å²) in [6, 6.07) is 0.497. The van der Waals surface area contributed by atoms with Crippen molar-refractivity contribution in [3.63, 3.8) is 0 Å². The van der Waals surface area contributed by atoms with Gasteiger partial charge in [0.1, 0.15) is 11.7 Å². The van der Waals surface area contributed by atoms with Crippen LogP contribution < -0.4 is 0 Å². The van der Waals surface area contributed by atoms with Crippen molar-refractivity contribution in [3.8, 4) is 0 Å². The van der Waals surface area contributed by atoms with Gasteiger partial charge in [-0.1, -0.05) is 5.16 Å². The van der Waals surface area contributed by atoms with Crippen LogP contribution in [0.15, 0.2) is 16.8 Å². The zero-order valence-corrected chi connectivity index (χ0v) is 10.5. The van der Waals surface area contributed by atoms with Crippen molar-refractivity contribution >= 4 is 5.91 Å². The Kier molecular flexibility index (Phi) is 2.77. The quantitative estimate of drug-likeness (QED) is 0.898. The molecule has 1 atom stereocenters. The molecule has 0 aromatic carbocycles. The molecule has 0 aliphatic carbocycles. The summed E-state index contributed by atoms with van der Waals surface area (Å²) < 4.78 is 32.2. The lowest BCUT2D eigenvalue weighted by Crippen LogP contribution is -2.33. The number of H-pyrrole nitrogens is 1. The van der Waals surface area contributed by atoms with E-state index in [1.54, 1.807) is 6.92 Å². The lowest BCUT2D eigenvalue weighted by Gasteiger charge is -2.20.